The summed E-state index contributed by atoms with van der Waals surface area (Å²) >= 11 is 0. The maximum absolute atomic E-state index is 9.11. The minimum atomic E-state index is -0.485. The number of ether oxygens (including phenoxy) is 1. The Bertz CT molecular complexity index is 218. The summed E-state index contributed by atoms with van der Waals surface area (Å²) in [5.41, 5.74) is 0.871. The van der Waals surface area contributed by atoms with E-state index in [0.717, 1.165) is 11.3 Å². The van der Waals surface area contributed by atoms with Crippen LogP contribution in [0.4, 0.5) is 0 Å². The van der Waals surface area contributed by atoms with Crippen LogP contribution in [-0.4, -0.2) is 12.2 Å². The third kappa shape index (κ3) is 2.18. The van der Waals surface area contributed by atoms with Gasteiger partial charge in [0.2, 0.25) is 0 Å². The Morgan fingerprint density at radius 1 is 1.36 bits per heavy atom. The molecule has 0 aliphatic rings. The lowest BCUT2D eigenvalue weighted by Crippen LogP contribution is -1.87. The number of aliphatic hydroxyl groups is 1. The van der Waals surface area contributed by atoms with Crippen molar-refractivity contribution in [3.8, 4) is 5.75 Å². The van der Waals surface area contributed by atoms with Gasteiger partial charge in [-0.05, 0) is 17.7 Å². The summed E-state index contributed by atoms with van der Waals surface area (Å²) in [5.74, 6) is 0.320. The number of methoxy groups -OCH3 is 1. The van der Waals surface area contributed by atoms with Crippen LogP contribution in [0.25, 0.3) is 0 Å². The SMILES string of the molecule is COc1ccc(C(O)P)cc1. The zero-order valence-electron chi connectivity index (χ0n) is 6.32. The molecule has 0 saturated heterocycles. The Kier molecular flexibility index (Phi) is 2.86. The second kappa shape index (κ2) is 3.70. The van der Waals surface area contributed by atoms with E-state index in [1.54, 1.807) is 7.11 Å². The molecule has 0 saturated carbocycles. The second-order valence-corrected chi connectivity index (χ2v) is 2.85. The standard InChI is InChI=1S/C8H11O2P/c1-10-7-4-2-6(3-5-7)8(9)11/h2-5,8-9H,11H2,1H3. The molecule has 2 unspecified atom stereocenters. The van der Waals surface area contributed by atoms with Crippen LogP contribution in [0.1, 0.15) is 11.4 Å². The average Bonchev–Trinajstić information content (AvgIpc) is 2.05. The molecule has 0 amide bonds. The fraction of sp³-hybridized carbons (Fsp3) is 0.250. The molecule has 1 aromatic rings. The number of aliphatic hydroxyl groups excluding tert-OH is 1. The third-order valence-electron chi connectivity index (χ3n) is 1.46. The maximum Gasteiger partial charge on any atom is 0.118 e. The molecule has 0 radical (unpaired) electrons. The first-order chi connectivity index (χ1) is 5.24. The number of hydrogen-bond donors (Lipinski definition) is 1. The van der Waals surface area contributed by atoms with E-state index >= 15 is 0 Å². The highest BCUT2D eigenvalue weighted by Gasteiger charge is 1.98. The van der Waals surface area contributed by atoms with Gasteiger partial charge in [0.15, 0.2) is 0 Å². The summed E-state index contributed by atoms with van der Waals surface area (Å²) in [6.45, 7) is 0. The van der Waals surface area contributed by atoms with Crippen molar-refractivity contribution >= 4 is 9.24 Å². The van der Waals surface area contributed by atoms with E-state index in [0.29, 0.717) is 0 Å². The second-order valence-electron chi connectivity index (χ2n) is 2.22. The van der Waals surface area contributed by atoms with Gasteiger partial charge in [-0.15, -0.1) is 9.24 Å². The smallest absolute Gasteiger partial charge is 0.118 e. The molecule has 1 aromatic carbocycles. The van der Waals surface area contributed by atoms with Crippen LogP contribution in [0.5, 0.6) is 5.75 Å². The summed E-state index contributed by atoms with van der Waals surface area (Å²) in [5, 5.41) is 9.11. The Labute approximate surface area is 68.4 Å². The van der Waals surface area contributed by atoms with E-state index in [1.165, 1.54) is 0 Å². The molecular formula is C8H11O2P. The Morgan fingerprint density at radius 3 is 2.27 bits per heavy atom. The summed E-state index contributed by atoms with van der Waals surface area (Å²) in [6, 6.07) is 7.30. The minimum Gasteiger partial charge on any atom is -0.497 e. The minimum absolute atomic E-state index is 0.485. The van der Waals surface area contributed by atoms with Crippen LogP contribution < -0.4 is 4.74 Å². The van der Waals surface area contributed by atoms with Crippen molar-refractivity contribution < 1.29 is 9.84 Å². The van der Waals surface area contributed by atoms with Crippen LogP contribution in [0.15, 0.2) is 24.3 Å². The predicted octanol–water partition coefficient (Wildman–Crippen LogP) is 1.56. The highest BCUT2D eigenvalue weighted by atomic mass is 31.0. The van der Waals surface area contributed by atoms with Crippen molar-refractivity contribution in [3.63, 3.8) is 0 Å². The van der Waals surface area contributed by atoms with Gasteiger partial charge in [0.05, 0.1) is 13.0 Å². The van der Waals surface area contributed by atoms with E-state index < -0.39 is 5.85 Å². The Morgan fingerprint density at radius 2 is 1.91 bits per heavy atom. The summed E-state index contributed by atoms with van der Waals surface area (Å²) in [6.07, 6.45) is 0. The van der Waals surface area contributed by atoms with Gasteiger partial charge in [-0.3, -0.25) is 0 Å². The first-order valence-corrected chi connectivity index (χ1v) is 3.98. The van der Waals surface area contributed by atoms with E-state index in [-0.39, 0.29) is 0 Å². The molecule has 3 heteroatoms. The molecule has 0 spiro atoms. The summed E-state index contributed by atoms with van der Waals surface area (Å²) in [4.78, 5) is 0. The van der Waals surface area contributed by atoms with E-state index in [1.807, 2.05) is 24.3 Å². The van der Waals surface area contributed by atoms with E-state index in [2.05, 4.69) is 9.24 Å². The van der Waals surface area contributed by atoms with Gasteiger partial charge in [-0.1, -0.05) is 12.1 Å². The third-order valence-corrected chi connectivity index (χ3v) is 1.84. The fourth-order valence-corrected chi connectivity index (χ4v) is 1.02. The molecule has 0 aliphatic heterocycles. The maximum atomic E-state index is 9.11. The van der Waals surface area contributed by atoms with E-state index in [9.17, 15) is 0 Å². The topological polar surface area (TPSA) is 29.5 Å². The number of hydrogen-bond acceptors (Lipinski definition) is 2. The lowest BCUT2D eigenvalue weighted by atomic mass is 10.2. The van der Waals surface area contributed by atoms with Crippen LogP contribution >= 0.6 is 9.24 Å². The molecule has 60 valence electrons. The molecule has 0 aliphatic carbocycles. The van der Waals surface area contributed by atoms with Gasteiger partial charge in [-0.25, -0.2) is 0 Å². The molecule has 2 nitrogen and oxygen atoms in total. The lowest BCUT2D eigenvalue weighted by Gasteiger charge is -2.04. The predicted molar refractivity (Wildman–Crippen MR) is 47.7 cm³/mol. The largest absolute Gasteiger partial charge is 0.497 e. The quantitative estimate of drug-likeness (QED) is 0.682. The average molecular weight is 170 g/mol. The first kappa shape index (κ1) is 8.51. The monoisotopic (exact) mass is 170 g/mol. The van der Waals surface area contributed by atoms with Gasteiger partial charge < -0.3 is 9.84 Å². The van der Waals surface area contributed by atoms with Crippen molar-refractivity contribution in [2.24, 2.45) is 0 Å². The summed E-state index contributed by atoms with van der Waals surface area (Å²) < 4.78 is 4.96. The summed E-state index contributed by atoms with van der Waals surface area (Å²) in [7, 11) is 3.94. The van der Waals surface area contributed by atoms with Gasteiger partial charge >= 0.3 is 0 Å². The van der Waals surface area contributed by atoms with Crippen LogP contribution in [-0.2, 0) is 0 Å². The molecule has 0 heterocycles. The Balaban J connectivity index is 2.83. The fourth-order valence-electron chi connectivity index (χ4n) is 0.801. The van der Waals surface area contributed by atoms with Crippen molar-refractivity contribution in [2.45, 2.75) is 5.85 Å². The van der Waals surface area contributed by atoms with E-state index in [4.69, 9.17) is 9.84 Å². The van der Waals surface area contributed by atoms with Crippen molar-refractivity contribution in [3.05, 3.63) is 29.8 Å². The highest BCUT2D eigenvalue weighted by molar-refractivity contribution is 7.16. The Hall–Kier alpha value is -0.590. The van der Waals surface area contributed by atoms with Crippen LogP contribution in [0.3, 0.4) is 0 Å². The van der Waals surface area contributed by atoms with Gasteiger partial charge in [0, 0.05) is 0 Å². The molecule has 2 atom stereocenters. The lowest BCUT2D eigenvalue weighted by molar-refractivity contribution is 0.269. The van der Waals surface area contributed by atoms with Crippen LogP contribution in [0.2, 0.25) is 0 Å². The zero-order valence-corrected chi connectivity index (χ0v) is 7.47. The normalized spacial score (nSPS) is 12.6. The molecule has 1 N–H and O–H groups in total. The molecule has 0 bridgehead atoms. The van der Waals surface area contributed by atoms with Crippen molar-refractivity contribution in [2.75, 3.05) is 7.11 Å². The molecule has 0 fully saturated rings. The van der Waals surface area contributed by atoms with Crippen molar-refractivity contribution in [1.82, 2.24) is 0 Å². The molecular weight excluding hydrogens is 159 g/mol. The number of benzene rings is 1. The molecule has 11 heavy (non-hydrogen) atoms. The highest BCUT2D eigenvalue weighted by Crippen LogP contribution is 2.21. The first-order valence-electron chi connectivity index (χ1n) is 3.31. The molecule has 0 aromatic heterocycles. The van der Waals surface area contributed by atoms with Crippen molar-refractivity contribution in [1.29, 1.82) is 0 Å². The number of rotatable bonds is 2. The molecule has 1 rings (SSSR count). The van der Waals surface area contributed by atoms with Gasteiger partial charge in [0.1, 0.15) is 5.75 Å². The van der Waals surface area contributed by atoms with Gasteiger partial charge in [0.25, 0.3) is 0 Å². The zero-order chi connectivity index (χ0) is 8.27. The van der Waals surface area contributed by atoms with Crippen LogP contribution in [0, 0.1) is 0 Å². The van der Waals surface area contributed by atoms with Gasteiger partial charge in [-0.2, -0.15) is 0 Å².